The molecular weight excluding hydrogens is 368 g/mol. The molecule has 26 heavy (non-hydrogen) atoms. The van der Waals surface area contributed by atoms with Crippen LogP contribution in [0.25, 0.3) is 0 Å². The maximum absolute atomic E-state index is 12.8. The molecule has 1 amide bonds. The molecular formula is C16H17F6NO3. The number of hydrogen-bond donors (Lipinski definition) is 2. The first-order valence-corrected chi connectivity index (χ1v) is 7.50. The highest BCUT2D eigenvalue weighted by Crippen LogP contribution is 2.36. The normalized spacial score (nSPS) is 13.6. The Morgan fingerprint density at radius 1 is 1.00 bits per heavy atom. The number of amides is 1. The van der Waals surface area contributed by atoms with Crippen LogP contribution in [0.15, 0.2) is 18.2 Å². The number of hydrogen-bond acceptors (Lipinski definition) is 2. The summed E-state index contributed by atoms with van der Waals surface area (Å²) in [4.78, 5) is 23.0. The van der Waals surface area contributed by atoms with Gasteiger partial charge in [-0.05, 0) is 36.1 Å². The van der Waals surface area contributed by atoms with Crippen molar-refractivity contribution in [3.8, 4) is 0 Å². The van der Waals surface area contributed by atoms with E-state index in [-0.39, 0.29) is 18.4 Å². The monoisotopic (exact) mass is 385 g/mol. The van der Waals surface area contributed by atoms with E-state index in [1.807, 2.05) is 0 Å². The van der Waals surface area contributed by atoms with Gasteiger partial charge in [-0.1, -0.05) is 13.8 Å². The molecule has 0 radical (unpaired) electrons. The van der Waals surface area contributed by atoms with Crippen molar-refractivity contribution in [1.82, 2.24) is 5.32 Å². The Labute approximate surface area is 145 Å². The van der Waals surface area contributed by atoms with Gasteiger partial charge < -0.3 is 10.4 Å². The van der Waals surface area contributed by atoms with E-state index in [1.54, 1.807) is 13.8 Å². The van der Waals surface area contributed by atoms with Crippen molar-refractivity contribution in [2.45, 2.75) is 45.1 Å². The van der Waals surface area contributed by atoms with E-state index in [9.17, 15) is 35.9 Å². The van der Waals surface area contributed by atoms with Gasteiger partial charge in [0.2, 0.25) is 5.91 Å². The molecule has 0 aromatic heterocycles. The number of rotatable bonds is 6. The van der Waals surface area contributed by atoms with Gasteiger partial charge in [0.05, 0.1) is 17.5 Å². The Morgan fingerprint density at radius 2 is 1.46 bits per heavy atom. The second kappa shape index (κ2) is 7.96. The van der Waals surface area contributed by atoms with Gasteiger partial charge in [-0.25, -0.2) is 4.79 Å². The number of carbonyl (C=O) groups excluding carboxylic acids is 1. The fourth-order valence-electron chi connectivity index (χ4n) is 2.25. The van der Waals surface area contributed by atoms with Crippen LogP contribution in [-0.4, -0.2) is 23.0 Å². The molecule has 0 aliphatic rings. The molecule has 10 heteroatoms. The predicted octanol–water partition coefficient (Wildman–Crippen LogP) is 3.88. The lowest BCUT2D eigenvalue weighted by atomic mass is 10.0. The van der Waals surface area contributed by atoms with Gasteiger partial charge in [0.1, 0.15) is 6.04 Å². The van der Waals surface area contributed by atoms with Gasteiger partial charge in [0, 0.05) is 0 Å². The third-order valence-electron chi connectivity index (χ3n) is 3.35. The number of carboxylic acids is 1. The molecule has 2 N–H and O–H groups in total. The van der Waals surface area contributed by atoms with E-state index < -0.39 is 53.4 Å². The molecule has 0 spiro atoms. The average Bonchev–Trinajstić information content (AvgIpc) is 2.43. The fraction of sp³-hybridized carbons (Fsp3) is 0.500. The fourth-order valence-corrected chi connectivity index (χ4v) is 2.25. The molecule has 0 bridgehead atoms. The van der Waals surface area contributed by atoms with Crippen LogP contribution in [-0.2, 0) is 28.4 Å². The predicted molar refractivity (Wildman–Crippen MR) is 79.2 cm³/mol. The third kappa shape index (κ3) is 6.57. The molecule has 0 unspecified atom stereocenters. The van der Waals surface area contributed by atoms with E-state index in [1.165, 1.54) is 0 Å². The highest BCUT2D eigenvalue weighted by molar-refractivity contribution is 5.84. The van der Waals surface area contributed by atoms with Gasteiger partial charge in [-0.3, -0.25) is 4.79 Å². The van der Waals surface area contributed by atoms with Crippen molar-refractivity contribution in [1.29, 1.82) is 0 Å². The summed E-state index contributed by atoms with van der Waals surface area (Å²) in [5, 5.41) is 11.1. The summed E-state index contributed by atoms with van der Waals surface area (Å²) >= 11 is 0. The van der Waals surface area contributed by atoms with E-state index in [0.29, 0.717) is 12.1 Å². The van der Waals surface area contributed by atoms with Crippen molar-refractivity contribution >= 4 is 11.9 Å². The zero-order valence-electron chi connectivity index (χ0n) is 13.8. The van der Waals surface area contributed by atoms with Crippen LogP contribution < -0.4 is 5.32 Å². The Bertz CT molecular complexity index is 635. The number of carboxylic acid groups (broad SMARTS) is 1. The molecule has 4 nitrogen and oxygen atoms in total. The largest absolute Gasteiger partial charge is 0.480 e. The Hall–Kier alpha value is -2.26. The second-order valence-corrected chi connectivity index (χ2v) is 6.18. The van der Waals surface area contributed by atoms with Crippen LogP contribution >= 0.6 is 0 Å². The number of halogens is 6. The van der Waals surface area contributed by atoms with Gasteiger partial charge in [0.25, 0.3) is 0 Å². The summed E-state index contributed by atoms with van der Waals surface area (Å²) < 4.78 is 76.7. The van der Waals surface area contributed by atoms with Crippen molar-refractivity contribution < 1.29 is 41.0 Å². The summed E-state index contributed by atoms with van der Waals surface area (Å²) in [7, 11) is 0. The second-order valence-electron chi connectivity index (χ2n) is 6.18. The van der Waals surface area contributed by atoms with E-state index in [2.05, 4.69) is 5.32 Å². The third-order valence-corrected chi connectivity index (χ3v) is 3.35. The molecule has 0 fully saturated rings. The number of benzene rings is 1. The number of alkyl halides is 6. The first kappa shape index (κ1) is 21.8. The maximum Gasteiger partial charge on any atom is 0.416 e. The maximum atomic E-state index is 12.8. The minimum Gasteiger partial charge on any atom is -0.480 e. The van der Waals surface area contributed by atoms with Gasteiger partial charge in [-0.15, -0.1) is 0 Å². The summed E-state index contributed by atoms with van der Waals surface area (Å²) in [5.74, 6) is -2.42. The zero-order valence-corrected chi connectivity index (χ0v) is 13.8. The summed E-state index contributed by atoms with van der Waals surface area (Å²) in [6.07, 6.45) is -10.8. The highest BCUT2D eigenvalue weighted by atomic mass is 19.4. The Kier molecular flexibility index (Phi) is 6.67. The van der Waals surface area contributed by atoms with Crippen LogP contribution in [0.1, 0.15) is 37.0 Å². The minimum atomic E-state index is -5.02. The zero-order chi connectivity index (χ0) is 20.3. The lowest BCUT2D eigenvalue weighted by Gasteiger charge is -2.17. The topological polar surface area (TPSA) is 66.4 Å². The molecule has 0 aliphatic carbocycles. The van der Waals surface area contributed by atoms with E-state index in [0.717, 1.165) is 0 Å². The molecule has 1 atom stereocenters. The van der Waals surface area contributed by atoms with Crippen LogP contribution in [0.4, 0.5) is 26.3 Å². The summed E-state index contributed by atoms with van der Waals surface area (Å²) in [5.41, 5.74) is -3.59. The molecule has 146 valence electrons. The molecule has 0 heterocycles. The molecule has 0 aliphatic heterocycles. The van der Waals surface area contributed by atoms with Gasteiger partial charge in [0.15, 0.2) is 0 Å². The average molecular weight is 385 g/mol. The first-order chi connectivity index (χ1) is 11.7. The van der Waals surface area contributed by atoms with Crippen molar-refractivity contribution in [2.24, 2.45) is 5.92 Å². The van der Waals surface area contributed by atoms with Crippen molar-refractivity contribution in [3.05, 3.63) is 34.9 Å². The van der Waals surface area contributed by atoms with Crippen LogP contribution in [0.2, 0.25) is 0 Å². The molecule has 1 aromatic carbocycles. The molecule has 1 rings (SSSR count). The minimum absolute atomic E-state index is 0.0414. The standard InChI is InChI=1S/C16H17F6NO3/c1-8(2)3-12(14(25)26)23-13(24)6-9-4-10(15(17,18)19)7-11(5-9)16(20,21)22/h4-5,7-8,12H,3,6H2,1-2H3,(H,23,24)(H,25,26)/t12-/m0/s1. The quantitative estimate of drug-likeness (QED) is 0.731. The Morgan fingerprint density at radius 3 is 1.81 bits per heavy atom. The van der Waals surface area contributed by atoms with Crippen molar-refractivity contribution in [2.75, 3.05) is 0 Å². The number of nitrogens with one attached hydrogen (secondary N) is 1. The smallest absolute Gasteiger partial charge is 0.416 e. The molecule has 1 aromatic rings. The van der Waals surface area contributed by atoms with Gasteiger partial charge in [-0.2, -0.15) is 26.3 Å². The number of carbonyl (C=O) groups is 2. The molecule has 0 saturated carbocycles. The molecule has 0 saturated heterocycles. The Balaban J connectivity index is 3.07. The lowest BCUT2D eigenvalue weighted by molar-refractivity contribution is -0.143. The van der Waals surface area contributed by atoms with E-state index in [4.69, 9.17) is 5.11 Å². The number of aliphatic carboxylic acids is 1. The van der Waals surface area contributed by atoms with E-state index >= 15 is 0 Å². The van der Waals surface area contributed by atoms with Crippen molar-refractivity contribution in [3.63, 3.8) is 0 Å². The SMILES string of the molecule is CC(C)C[C@H](NC(=O)Cc1cc(C(F)(F)F)cc(C(F)(F)F)c1)C(=O)O. The summed E-state index contributed by atoms with van der Waals surface area (Å²) in [6.45, 7) is 3.40. The van der Waals surface area contributed by atoms with Crippen LogP contribution in [0.3, 0.4) is 0 Å². The first-order valence-electron chi connectivity index (χ1n) is 7.50. The van der Waals surface area contributed by atoms with Crippen LogP contribution in [0, 0.1) is 5.92 Å². The highest BCUT2D eigenvalue weighted by Gasteiger charge is 2.37. The lowest BCUT2D eigenvalue weighted by Crippen LogP contribution is -2.42. The summed E-state index contributed by atoms with van der Waals surface area (Å²) in [6, 6.07) is -0.448. The van der Waals surface area contributed by atoms with Gasteiger partial charge >= 0.3 is 18.3 Å². The van der Waals surface area contributed by atoms with Crippen LogP contribution in [0.5, 0.6) is 0 Å².